The summed E-state index contributed by atoms with van der Waals surface area (Å²) in [6, 6.07) is 7.87. The highest BCUT2D eigenvalue weighted by atomic mass is 15.2. The molecule has 0 radical (unpaired) electrons. The fourth-order valence-corrected chi connectivity index (χ4v) is 2.60. The van der Waals surface area contributed by atoms with Gasteiger partial charge in [-0.05, 0) is 31.7 Å². The van der Waals surface area contributed by atoms with Crippen LogP contribution >= 0.6 is 0 Å². The molecule has 3 heterocycles. The molecule has 0 unspecified atom stereocenters. The van der Waals surface area contributed by atoms with Crippen molar-refractivity contribution in [1.82, 2.24) is 30.0 Å². The minimum absolute atomic E-state index is 0.653. The largest absolute Gasteiger partial charge is 0.296 e. The summed E-state index contributed by atoms with van der Waals surface area (Å²) in [6.07, 6.45) is 7.60. The Morgan fingerprint density at radius 3 is 2.62 bits per heavy atom. The Labute approximate surface area is 142 Å². The zero-order valence-electron chi connectivity index (χ0n) is 14.1. The van der Waals surface area contributed by atoms with Crippen molar-refractivity contribution in [2.24, 2.45) is 0 Å². The topological polar surface area (TPSA) is 70.6 Å². The third kappa shape index (κ3) is 4.23. The summed E-state index contributed by atoms with van der Waals surface area (Å²) >= 11 is 0. The van der Waals surface area contributed by atoms with Crippen LogP contribution in [-0.4, -0.2) is 37.1 Å². The smallest absolute Gasteiger partial charge is 0.178 e. The standard InChI is InChI=1S/C18H22N6/c1-3-6-15-9-16(23-22-15)13-24(2)12-14-10-20-18(21-11-14)17-7-4-5-8-19-17/h4-5,7-11H,3,6,12-13H2,1-2H3,(H,22,23). The van der Waals surface area contributed by atoms with Gasteiger partial charge in [-0.1, -0.05) is 19.4 Å². The molecular weight excluding hydrogens is 300 g/mol. The Morgan fingerprint density at radius 2 is 1.92 bits per heavy atom. The van der Waals surface area contributed by atoms with E-state index in [1.807, 2.05) is 30.6 Å². The fourth-order valence-electron chi connectivity index (χ4n) is 2.60. The number of aromatic nitrogens is 5. The first kappa shape index (κ1) is 16.3. The van der Waals surface area contributed by atoms with E-state index >= 15 is 0 Å². The molecule has 0 aliphatic rings. The molecule has 24 heavy (non-hydrogen) atoms. The van der Waals surface area contributed by atoms with Gasteiger partial charge >= 0.3 is 0 Å². The predicted molar refractivity (Wildman–Crippen MR) is 93.0 cm³/mol. The summed E-state index contributed by atoms with van der Waals surface area (Å²) in [7, 11) is 2.08. The molecule has 6 nitrogen and oxygen atoms in total. The molecule has 124 valence electrons. The van der Waals surface area contributed by atoms with Gasteiger partial charge in [-0.3, -0.25) is 15.0 Å². The molecule has 0 saturated heterocycles. The second-order valence-corrected chi connectivity index (χ2v) is 5.94. The molecule has 0 aliphatic carbocycles. The number of aromatic amines is 1. The Kier molecular flexibility index (Phi) is 5.28. The monoisotopic (exact) mass is 322 g/mol. The van der Waals surface area contributed by atoms with Gasteiger partial charge in [0.1, 0.15) is 5.69 Å². The lowest BCUT2D eigenvalue weighted by Crippen LogP contribution is -2.17. The third-order valence-electron chi connectivity index (χ3n) is 3.68. The first-order chi connectivity index (χ1) is 11.7. The normalized spacial score (nSPS) is 11.1. The van der Waals surface area contributed by atoms with Gasteiger partial charge in [0, 0.05) is 42.9 Å². The van der Waals surface area contributed by atoms with E-state index in [4.69, 9.17) is 0 Å². The highest BCUT2D eigenvalue weighted by Gasteiger charge is 2.07. The second kappa shape index (κ2) is 7.79. The number of H-pyrrole nitrogens is 1. The van der Waals surface area contributed by atoms with Gasteiger partial charge in [0.15, 0.2) is 5.82 Å². The van der Waals surface area contributed by atoms with Crippen LogP contribution < -0.4 is 0 Å². The molecule has 0 amide bonds. The molecular formula is C18H22N6. The third-order valence-corrected chi connectivity index (χ3v) is 3.68. The van der Waals surface area contributed by atoms with Crippen LogP contribution in [-0.2, 0) is 19.5 Å². The quantitative estimate of drug-likeness (QED) is 0.724. The van der Waals surface area contributed by atoms with Crippen LogP contribution in [0.25, 0.3) is 11.5 Å². The first-order valence-corrected chi connectivity index (χ1v) is 8.18. The van der Waals surface area contributed by atoms with E-state index in [9.17, 15) is 0 Å². The van der Waals surface area contributed by atoms with Crippen molar-refractivity contribution in [3.8, 4) is 11.5 Å². The van der Waals surface area contributed by atoms with Crippen molar-refractivity contribution in [2.45, 2.75) is 32.9 Å². The number of rotatable bonds is 7. The maximum Gasteiger partial charge on any atom is 0.178 e. The lowest BCUT2D eigenvalue weighted by Gasteiger charge is -2.15. The average Bonchev–Trinajstić information content (AvgIpc) is 3.03. The van der Waals surface area contributed by atoms with Crippen LogP contribution in [0.4, 0.5) is 0 Å². The van der Waals surface area contributed by atoms with Gasteiger partial charge in [-0.2, -0.15) is 5.10 Å². The highest BCUT2D eigenvalue weighted by molar-refractivity contribution is 5.47. The molecule has 0 aliphatic heterocycles. The highest BCUT2D eigenvalue weighted by Crippen LogP contribution is 2.12. The SMILES string of the molecule is CCCc1cc(CN(C)Cc2cnc(-c3ccccn3)nc2)[nH]n1. The van der Waals surface area contributed by atoms with Gasteiger partial charge in [0.05, 0.1) is 5.69 Å². The van der Waals surface area contributed by atoms with Crippen LogP contribution in [0.3, 0.4) is 0 Å². The molecule has 0 spiro atoms. The molecule has 0 atom stereocenters. The minimum Gasteiger partial charge on any atom is -0.296 e. The second-order valence-electron chi connectivity index (χ2n) is 5.94. The van der Waals surface area contributed by atoms with E-state index in [1.165, 1.54) is 0 Å². The van der Waals surface area contributed by atoms with Crippen molar-refractivity contribution in [3.05, 3.63) is 59.8 Å². The average molecular weight is 322 g/mol. The van der Waals surface area contributed by atoms with Crippen LogP contribution in [0.2, 0.25) is 0 Å². The number of nitrogens with one attached hydrogen (secondary N) is 1. The van der Waals surface area contributed by atoms with Crippen LogP contribution in [0.5, 0.6) is 0 Å². The van der Waals surface area contributed by atoms with Gasteiger partial charge in [-0.25, -0.2) is 9.97 Å². The number of pyridine rings is 1. The molecule has 3 aromatic rings. The minimum atomic E-state index is 0.653. The maximum atomic E-state index is 4.42. The molecule has 0 fully saturated rings. The van der Waals surface area contributed by atoms with E-state index < -0.39 is 0 Å². The van der Waals surface area contributed by atoms with Gasteiger partial charge in [0.25, 0.3) is 0 Å². The molecule has 3 aromatic heterocycles. The van der Waals surface area contributed by atoms with Crippen molar-refractivity contribution in [3.63, 3.8) is 0 Å². The Hall–Kier alpha value is -2.60. The molecule has 0 aromatic carbocycles. The molecule has 0 bridgehead atoms. The lowest BCUT2D eigenvalue weighted by molar-refractivity contribution is 0.314. The lowest BCUT2D eigenvalue weighted by atomic mass is 10.2. The molecule has 6 heteroatoms. The van der Waals surface area contributed by atoms with E-state index in [0.29, 0.717) is 5.82 Å². The van der Waals surface area contributed by atoms with Crippen molar-refractivity contribution in [2.75, 3.05) is 7.05 Å². The molecule has 0 saturated carbocycles. The summed E-state index contributed by atoms with van der Waals surface area (Å²) in [5.41, 5.74) is 4.12. The Balaban J connectivity index is 1.59. The number of hydrogen-bond donors (Lipinski definition) is 1. The number of nitrogens with zero attached hydrogens (tertiary/aromatic N) is 5. The summed E-state index contributed by atoms with van der Waals surface area (Å²) in [5, 5.41) is 7.43. The van der Waals surface area contributed by atoms with Crippen LogP contribution in [0.1, 0.15) is 30.3 Å². The molecule has 3 rings (SSSR count). The Bertz CT molecular complexity index is 751. The zero-order chi connectivity index (χ0) is 16.8. The molecule has 1 N–H and O–H groups in total. The van der Waals surface area contributed by atoms with Crippen molar-refractivity contribution in [1.29, 1.82) is 0 Å². The number of aryl methyl sites for hydroxylation is 1. The van der Waals surface area contributed by atoms with Crippen LogP contribution in [0.15, 0.2) is 42.9 Å². The Morgan fingerprint density at radius 1 is 1.08 bits per heavy atom. The van der Waals surface area contributed by atoms with Crippen molar-refractivity contribution < 1.29 is 0 Å². The van der Waals surface area contributed by atoms with Gasteiger partial charge in [-0.15, -0.1) is 0 Å². The number of hydrogen-bond acceptors (Lipinski definition) is 5. The maximum absolute atomic E-state index is 4.42. The summed E-state index contributed by atoms with van der Waals surface area (Å²) in [6.45, 7) is 3.76. The van der Waals surface area contributed by atoms with Crippen molar-refractivity contribution >= 4 is 0 Å². The summed E-state index contributed by atoms with van der Waals surface area (Å²) in [4.78, 5) is 15.3. The van der Waals surface area contributed by atoms with E-state index in [1.54, 1.807) is 6.20 Å². The van der Waals surface area contributed by atoms with E-state index in [2.05, 4.69) is 50.1 Å². The van der Waals surface area contributed by atoms with E-state index in [0.717, 1.165) is 48.6 Å². The fraction of sp³-hybridized carbons (Fsp3) is 0.333. The summed E-state index contributed by atoms with van der Waals surface area (Å²) < 4.78 is 0. The first-order valence-electron chi connectivity index (χ1n) is 8.18. The van der Waals surface area contributed by atoms with E-state index in [-0.39, 0.29) is 0 Å². The van der Waals surface area contributed by atoms with Gasteiger partial charge < -0.3 is 0 Å². The predicted octanol–water partition coefficient (Wildman–Crippen LogP) is 2.85. The zero-order valence-corrected chi connectivity index (χ0v) is 14.1. The van der Waals surface area contributed by atoms with Crippen LogP contribution in [0, 0.1) is 0 Å². The summed E-state index contributed by atoms with van der Waals surface area (Å²) in [5.74, 6) is 0.653. The van der Waals surface area contributed by atoms with Gasteiger partial charge in [0.2, 0.25) is 0 Å².